The zero-order valence-electron chi connectivity index (χ0n) is 24.0. The van der Waals surface area contributed by atoms with Crippen LogP contribution < -0.4 is 21.0 Å². The smallest absolute Gasteiger partial charge is 0.250 e. The lowest BCUT2D eigenvalue weighted by molar-refractivity contribution is 0.518. The van der Waals surface area contributed by atoms with Crippen LogP contribution in [0.3, 0.4) is 0 Å². The molecule has 0 aliphatic carbocycles. The maximum Gasteiger partial charge on any atom is 0.250 e. The summed E-state index contributed by atoms with van der Waals surface area (Å²) in [5, 5.41) is 4.38. The number of aromatic nitrogens is 2. The molecule has 4 rings (SSSR count). The van der Waals surface area contributed by atoms with Crippen molar-refractivity contribution < 1.29 is 8.63 Å². The van der Waals surface area contributed by atoms with Gasteiger partial charge in [0.15, 0.2) is 10.5 Å². The Balaban J connectivity index is 1.85. The van der Waals surface area contributed by atoms with Crippen LogP contribution in [0.2, 0.25) is 5.15 Å². The van der Waals surface area contributed by atoms with Crippen molar-refractivity contribution in [3.05, 3.63) is 85.0 Å². The third-order valence-electron chi connectivity index (χ3n) is 6.39. The number of halogens is 1. The van der Waals surface area contributed by atoms with Gasteiger partial charge in [-0.25, -0.2) is 13.9 Å². The second-order valence-electron chi connectivity index (χ2n) is 11.3. The van der Waals surface area contributed by atoms with Gasteiger partial charge in [0.05, 0.1) is 17.1 Å². The van der Waals surface area contributed by atoms with E-state index < -0.39 is 16.5 Å². The molecule has 0 aliphatic rings. The molecule has 10 heteroatoms. The first-order chi connectivity index (χ1) is 18.7. The zero-order valence-corrected chi connectivity index (χ0v) is 25.6. The first kappa shape index (κ1) is 29.7. The highest BCUT2D eigenvalue weighted by Gasteiger charge is 2.23. The molecule has 1 aromatic carbocycles. The molecule has 0 aliphatic heterocycles. The number of pyridine rings is 2. The molecule has 3 heterocycles. The van der Waals surface area contributed by atoms with Crippen LogP contribution >= 0.6 is 11.6 Å². The van der Waals surface area contributed by atoms with Gasteiger partial charge in [0.25, 0.3) is 5.56 Å². The molecule has 3 aromatic heterocycles. The summed E-state index contributed by atoms with van der Waals surface area (Å²) in [6.45, 7) is 15.2. The molecule has 212 valence electrons. The number of aryl methyl sites for hydroxylation is 1. The topological polar surface area (TPSA) is 106 Å². The van der Waals surface area contributed by atoms with E-state index in [9.17, 15) is 13.8 Å². The minimum Gasteiger partial charge on any atom is -0.455 e. The summed E-state index contributed by atoms with van der Waals surface area (Å²) in [5.41, 5.74) is 3.06. The first-order valence-electron chi connectivity index (χ1n) is 13.1. The molecule has 8 nitrogen and oxygen atoms in total. The van der Waals surface area contributed by atoms with Gasteiger partial charge in [-0.3, -0.25) is 9.59 Å². The SMILES string of the molecule is Cc1cc(C(C)Nc2ccc(Cl)nc2S(=O)NC(C)(C)C)c2oc(-c3ccc(=O)n(C(C)C)c3)c(C)c(=O)c2c1. The third kappa shape index (κ3) is 6.22. The maximum atomic E-state index is 13.6. The standard InChI is InChI=1S/C30H35ClN4O4S/c1-16(2)35-15-20(9-12-25(35)36)27-18(4)26(37)22-14-17(3)13-21(28(22)39-27)19(5)32-23-10-11-24(31)33-29(23)40(38)34-30(6,7)8/h9-16,19,32,34H,1-8H3. The van der Waals surface area contributed by atoms with Gasteiger partial charge in [0, 0.05) is 40.5 Å². The summed E-state index contributed by atoms with van der Waals surface area (Å²) in [4.78, 5) is 30.3. The molecule has 0 bridgehead atoms. The minimum atomic E-state index is -1.63. The third-order valence-corrected chi connectivity index (χ3v) is 8.06. The second kappa shape index (κ2) is 11.3. The van der Waals surface area contributed by atoms with Crippen molar-refractivity contribution in [2.24, 2.45) is 0 Å². The van der Waals surface area contributed by atoms with Gasteiger partial charge in [-0.15, -0.1) is 0 Å². The Bertz CT molecular complexity index is 1740. The fraction of sp³-hybridized carbons (Fsp3) is 0.367. The van der Waals surface area contributed by atoms with Gasteiger partial charge >= 0.3 is 0 Å². The van der Waals surface area contributed by atoms with Gasteiger partial charge < -0.3 is 14.3 Å². The van der Waals surface area contributed by atoms with Crippen molar-refractivity contribution in [1.82, 2.24) is 14.3 Å². The van der Waals surface area contributed by atoms with E-state index >= 15 is 0 Å². The largest absolute Gasteiger partial charge is 0.455 e. The number of nitrogens with one attached hydrogen (secondary N) is 2. The van der Waals surface area contributed by atoms with Crippen molar-refractivity contribution in [2.75, 3.05) is 5.32 Å². The Hall–Kier alpha value is -3.27. The maximum absolute atomic E-state index is 13.6. The van der Waals surface area contributed by atoms with Gasteiger partial charge in [0.2, 0.25) is 0 Å². The van der Waals surface area contributed by atoms with Gasteiger partial charge in [-0.1, -0.05) is 17.7 Å². The number of hydrogen-bond acceptors (Lipinski definition) is 6. The summed E-state index contributed by atoms with van der Waals surface area (Å²) in [5.74, 6) is 0.411. The molecule has 2 N–H and O–H groups in total. The van der Waals surface area contributed by atoms with Gasteiger partial charge in [-0.05, 0) is 85.2 Å². The van der Waals surface area contributed by atoms with E-state index in [0.29, 0.717) is 33.5 Å². The summed E-state index contributed by atoms with van der Waals surface area (Å²) >= 11 is 6.16. The van der Waals surface area contributed by atoms with Crippen molar-refractivity contribution in [2.45, 2.75) is 78.0 Å². The van der Waals surface area contributed by atoms with E-state index in [1.807, 2.05) is 60.6 Å². The van der Waals surface area contributed by atoms with Crippen LogP contribution in [-0.2, 0) is 11.0 Å². The Kier molecular flexibility index (Phi) is 8.40. The Morgan fingerprint density at radius 1 is 1.05 bits per heavy atom. The van der Waals surface area contributed by atoms with E-state index in [1.54, 1.807) is 35.9 Å². The highest BCUT2D eigenvalue weighted by atomic mass is 35.5. The van der Waals surface area contributed by atoms with Crippen LogP contribution in [0.25, 0.3) is 22.3 Å². The lowest BCUT2D eigenvalue weighted by Crippen LogP contribution is -2.37. The van der Waals surface area contributed by atoms with E-state index in [4.69, 9.17) is 16.0 Å². The Morgan fingerprint density at radius 3 is 2.40 bits per heavy atom. The van der Waals surface area contributed by atoms with E-state index in [0.717, 1.165) is 11.1 Å². The molecule has 0 fully saturated rings. The van der Waals surface area contributed by atoms with E-state index in [1.165, 1.54) is 6.07 Å². The van der Waals surface area contributed by atoms with Crippen LogP contribution in [0, 0.1) is 13.8 Å². The second-order valence-corrected chi connectivity index (χ2v) is 12.9. The molecular formula is C30H35ClN4O4S. The molecule has 0 saturated carbocycles. The van der Waals surface area contributed by atoms with Gasteiger partial charge in [-0.2, -0.15) is 0 Å². The number of nitrogens with zero attached hydrogens (tertiary/aromatic N) is 2. The van der Waals surface area contributed by atoms with Crippen LogP contribution in [0.15, 0.2) is 61.6 Å². The summed E-state index contributed by atoms with van der Waals surface area (Å²) in [6.07, 6.45) is 1.73. The predicted molar refractivity (Wildman–Crippen MR) is 163 cm³/mol. The van der Waals surface area contributed by atoms with Gasteiger partial charge in [0.1, 0.15) is 27.5 Å². The molecule has 40 heavy (non-hydrogen) atoms. The number of anilines is 1. The summed E-state index contributed by atoms with van der Waals surface area (Å²) in [6, 6.07) is 9.90. The van der Waals surface area contributed by atoms with E-state index in [2.05, 4.69) is 15.0 Å². The van der Waals surface area contributed by atoms with Crippen LogP contribution in [0.5, 0.6) is 0 Å². The van der Waals surface area contributed by atoms with Crippen molar-refractivity contribution in [3.8, 4) is 11.3 Å². The number of rotatable bonds is 7. The average molecular weight is 583 g/mol. The number of hydrogen-bond donors (Lipinski definition) is 2. The fourth-order valence-electron chi connectivity index (χ4n) is 4.51. The monoisotopic (exact) mass is 582 g/mol. The van der Waals surface area contributed by atoms with Crippen LogP contribution in [0.1, 0.15) is 70.3 Å². The molecule has 0 saturated heterocycles. The van der Waals surface area contributed by atoms with E-state index in [-0.39, 0.29) is 33.3 Å². The lowest BCUT2D eigenvalue weighted by atomic mass is 9.99. The molecule has 2 atom stereocenters. The molecule has 4 aromatic rings. The minimum absolute atomic E-state index is 0.0529. The normalized spacial score (nSPS) is 13.6. The zero-order chi connectivity index (χ0) is 29.5. The highest BCUT2D eigenvalue weighted by Crippen LogP contribution is 2.33. The van der Waals surface area contributed by atoms with Crippen LogP contribution in [0.4, 0.5) is 5.69 Å². The lowest BCUT2D eigenvalue weighted by Gasteiger charge is -2.22. The van der Waals surface area contributed by atoms with Crippen molar-refractivity contribution in [3.63, 3.8) is 0 Å². The quantitative estimate of drug-likeness (QED) is 0.242. The predicted octanol–water partition coefficient (Wildman–Crippen LogP) is 6.45. The number of fused-ring (bicyclic) bond motifs is 1. The summed E-state index contributed by atoms with van der Waals surface area (Å²) in [7, 11) is -1.63. The number of benzene rings is 1. The highest BCUT2D eigenvalue weighted by molar-refractivity contribution is 7.83. The first-order valence-corrected chi connectivity index (χ1v) is 14.6. The molecule has 0 amide bonds. The fourth-order valence-corrected chi connectivity index (χ4v) is 5.87. The molecule has 2 unspecified atom stereocenters. The van der Waals surface area contributed by atoms with Crippen molar-refractivity contribution >= 4 is 39.2 Å². The molecular weight excluding hydrogens is 548 g/mol. The molecule has 0 spiro atoms. The van der Waals surface area contributed by atoms with Crippen molar-refractivity contribution in [1.29, 1.82) is 0 Å². The Morgan fingerprint density at radius 2 is 1.75 bits per heavy atom. The average Bonchev–Trinajstić information content (AvgIpc) is 2.86. The Labute approximate surface area is 241 Å². The summed E-state index contributed by atoms with van der Waals surface area (Å²) < 4.78 is 24.3. The molecule has 0 radical (unpaired) electrons. The van der Waals surface area contributed by atoms with Crippen LogP contribution in [-0.4, -0.2) is 19.3 Å².